The Morgan fingerprint density at radius 2 is 1.75 bits per heavy atom. The van der Waals surface area contributed by atoms with Gasteiger partial charge >= 0.3 is 11.9 Å². The fourth-order valence-corrected chi connectivity index (χ4v) is 0.580. The fraction of sp³-hybridized carbons (Fsp3) is 0.667. The van der Waals surface area contributed by atoms with Gasteiger partial charge in [-0.25, -0.2) is 4.79 Å². The van der Waals surface area contributed by atoms with Crippen LogP contribution in [-0.4, -0.2) is 69.2 Å². The molecule has 0 unspecified atom stereocenters. The smallest absolute Gasteiger partial charge is 0.329 e. The monoisotopic (exact) mass is 294 g/mol. The van der Waals surface area contributed by atoms with Crippen molar-refractivity contribution in [2.75, 3.05) is 47.1 Å². The van der Waals surface area contributed by atoms with Crippen LogP contribution in [0.4, 0.5) is 0 Å². The molecule has 0 aromatic heterocycles. The van der Waals surface area contributed by atoms with E-state index in [2.05, 4.69) is 21.4 Å². The highest BCUT2D eigenvalue weighted by Gasteiger charge is 1.96. The van der Waals surface area contributed by atoms with Crippen LogP contribution in [-0.2, 0) is 19.1 Å². The maximum Gasteiger partial charge on any atom is 0.329 e. The Morgan fingerprint density at radius 3 is 2.00 bits per heavy atom. The molecule has 0 bridgehead atoms. The lowest BCUT2D eigenvalue weighted by molar-refractivity contribution is -0.140. The van der Waals surface area contributed by atoms with E-state index < -0.39 is 5.97 Å². The van der Waals surface area contributed by atoms with E-state index in [-0.39, 0.29) is 19.2 Å². The Kier molecular flexibility index (Phi) is 26.8. The minimum absolute atomic E-state index is 0.0972. The summed E-state index contributed by atoms with van der Waals surface area (Å²) in [6.07, 6.45) is 1.47. The van der Waals surface area contributed by atoms with E-state index in [1.807, 2.05) is 0 Å². The first-order valence-electron chi connectivity index (χ1n) is 5.93. The van der Waals surface area contributed by atoms with Crippen molar-refractivity contribution in [3.05, 3.63) is 12.7 Å². The van der Waals surface area contributed by atoms with Crippen LogP contribution in [0.1, 0.15) is 6.42 Å². The van der Waals surface area contributed by atoms with E-state index >= 15 is 0 Å². The highest BCUT2D eigenvalue weighted by atomic mass is 16.5. The highest BCUT2D eigenvalue weighted by Crippen LogP contribution is 1.79. The van der Waals surface area contributed by atoms with E-state index in [1.165, 1.54) is 14.2 Å². The van der Waals surface area contributed by atoms with Crippen LogP contribution in [0.3, 0.4) is 0 Å². The molecule has 0 saturated carbocycles. The van der Waals surface area contributed by atoms with Crippen molar-refractivity contribution in [1.82, 2.24) is 5.32 Å². The summed E-state index contributed by atoms with van der Waals surface area (Å²) in [5.41, 5.74) is 4.78. The Hall–Kier alpha value is -1.48. The highest BCUT2D eigenvalue weighted by molar-refractivity contribution is 5.80. The van der Waals surface area contributed by atoms with Crippen molar-refractivity contribution < 1.29 is 29.3 Å². The van der Waals surface area contributed by atoms with Crippen LogP contribution < -0.4 is 11.1 Å². The Balaban J connectivity index is -0.000000246. The number of rotatable bonds is 7. The van der Waals surface area contributed by atoms with E-state index in [0.717, 1.165) is 6.08 Å². The topological polar surface area (TPSA) is 131 Å². The number of aliphatic hydroxyl groups is 2. The number of hydrogen-bond donors (Lipinski definition) is 4. The van der Waals surface area contributed by atoms with Crippen molar-refractivity contribution in [1.29, 1.82) is 0 Å². The lowest BCUT2D eigenvalue weighted by Gasteiger charge is -1.99. The number of nitrogens with one attached hydrogen (secondary N) is 1. The Morgan fingerprint density at radius 1 is 1.20 bits per heavy atom. The maximum atomic E-state index is 10.5. The van der Waals surface area contributed by atoms with Gasteiger partial charge in [-0.1, -0.05) is 6.58 Å². The molecule has 0 fully saturated rings. The average Bonchev–Trinajstić information content (AvgIpc) is 2.51. The van der Waals surface area contributed by atoms with Gasteiger partial charge in [-0.15, -0.1) is 0 Å². The van der Waals surface area contributed by atoms with Crippen LogP contribution in [0.2, 0.25) is 0 Å². The molecule has 0 saturated heterocycles. The fourth-order valence-electron chi connectivity index (χ4n) is 0.580. The summed E-state index contributed by atoms with van der Waals surface area (Å²) in [5, 5.41) is 18.9. The number of carbonyl (C=O) groups is 2. The second-order valence-corrected chi connectivity index (χ2v) is 3.04. The molecule has 0 amide bonds. The van der Waals surface area contributed by atoms with Crippen molar-refractivity contribution in [2.24, 2.45) is 5.73 Å². The predicted molar refractivity (Wildman–Crippen MR) is 74.9 cm³/mol. The van der Waals surface area contributed by atoms with E-state index in [0.29, 0.717) is 26.1 Å². The normalized spacial score (nSPS) is 8.25. The average molecular weight is 294 g/mol. The van der Waals surface area contributed by atoms with E-state index in [9.17, 15) is 9.59 Å². The van der Waals surface area contributed by atoms with E-state index in [4.69, 9.17) is 15.9 Å². The minimum Gasteiger partial charge on any atom is -0.469 e. The third kappa shape index (κ3) is 30.0. The number of aliphatic hydroxyl groups excluding tert-OH is 2. The molecule has 0 aliphatic rings. The summed E-state index contributed by atoms with van der Waals surface area (Å²) in [5.74, 6) is -0.625. The van der Waals surface area contributed by atoms with E-state index in [1.54, 1.807) is 0 Å². The predicted octanol–water partition coefficient (Wildman–Crippen LogP) is -1.59. The van der Waals surface area contributed by atoms with Gasteiger partial charge in [0.1, 0.15) is 0 Å². The molecule has 0 aromatic carbocycles. The number of esters is 2. The maximum absolute atomic E-state index is 10.5. The molecule has 0 atom stereocenters. The minimum atomic E-state index is -0.394. The number of nitrogens with two attached hydrogens (primary N) is 1. The lowest BCUT2D eigenvalue weighted by atomic mass is 10.4. The molecule has 0 aliphatic heterocycles. The number of ether oxygens (including phenoxy) is 2. The van der Waals surface area contributed by atoms with Crippen LogP contribution >= 0.6 is 0 Å². The molecule has 8 heteroatoms. The first-order valence-corrected chi connectivity index (χ1v) is 5.93. The molecule has 5 N–H and O–H groups in total. The van der Waals surface area contributed by atoms with Gasteiger partial charge in [0.25, 0.3) is 0 Å². The third-order valence-electron chi connectivity index (χ3n) is 1.52. The molecule has 0 rings (SSSR count). The molecular weight excluding hydrogens is 268 g/mol. The summed E-state index contributed by atoms with van der Waals surface area (Å²) < 4.78 is 8.53. The van der Waals surface area contributed by atoms with Gasteiger partial charge in [-0.3, -0.25) is 4.79 Å². The van der Waals surface area contributed by atoms with Gasteiger partial charge in [-0.2, -0.15) is 0 Å². The van der Waals surface area contributed by atoms with Crippen molar-refractivity contribution >= 4 is 11.9 Å². The van der Waals surface area contributed by atoms with Gasteiger partial charge in [0.15, 0.2) is 0 Å². The van der Waals surface area contributed by atoms with Crippen molar-refractivity contribution in [3.63, 3.8) is 0 Å². The number of hydrogen-bond acceptors (Lipinski definition) is 8. The van der Waals surface area contributed by atoms with Crippen LogP contribution in [0.15, 0.2) is 12.7 Å². The SMILES string of the molecule is C=CC(=O)OC.COC(=O)CCNCCO.NCCO. The van der Waals surface area contributed by atoms with Gasteiger partial charge in [0.2, 0.25) is 0 Å². The van der Waals surface area contributed by atoms with Crippen LogP contribution in [0.5, 0.6) is 0 Å². The van der Waals surface area contributed by atoms with Crippen LogP contribution in [0.25, 0.3) is 0 Å². The second kappa shape index (κ2) is 22.7. The summed E-state index contributed by atoms with van der Waals surface area (Å²) in [6.45, 7) is 4.82. The van der Waals surface area contributed by atoms with Gasteiger partial charge in [0.05, 0.1) is 33.9 Å². The second-order valence-electron chi connectivity index (χ2n) is 3.04. The summed E-state index contributed by atoms with van der Waals surface area (Å²) in [6, 6.07) is 0. The molecule has 0 heterocycles. The third-order valence-corrected chi connectivity index (χ3v) is 1.52. The zero-order valence-electron chi connectivity index (χ0n) is 12.1. The molecule has 0 radical (unpaired) electrons. The van der Waals surface area contributed by atoms with Gasteiger partial charge in [0, 0.05) is 25.7 Å². The molecule has 0 aliphatic carbocycles. The van der Waals surface area contributed by atoms with Gasteiger partial charge in [-0.05, 0) is 0 Å². The van der Waals surface area contributed by atoms with Gasteiger partial charge < -0.3 is 30.7 Å². The molecule has 20 heavy (non-hydrogen) atoms. The zero-order valence-corrected chi connectivity index (χ0v) is 12.1. The zero-order chi connectivity index (χ0) is 16.2. The molecule has 120 valence electrons. The standard InChI is InChI=1S/C6H13NO3.C4H6O2.C2H7NO/c1-10-6(9)2-3-7-4-5-8;1-3-4(5)6-2;3-1-2-4/h7-8H,2-5H2,1H3;3H,1H2,2H3;4H,1-3H2. The number of methoxy groups -OCH3 is 2. The quantitative estimate of drug-likeness (QED) is 0.251. The number of carbonyl (C=O) groups excluding carboxylic acids is 2. The lowest BCUT2D eigenvalue weighted by Crippen LogP contribution is -2.21. The summed E-state index contributed by atoms with van der Waals surface area (Å²) in [4.78, 5) is 20.3. The first kappa shape index (κ1) is 23.6. The molecule has 0 aromatic rings. The summed E-state index contributed by atoms with van der Waals surface area (Å²) in [7, 11) is 2.67. The van der Waals surface area contributed by atoms with Crippen molar-refractivity contribution in [3.8, 4) is 0 Å². The molecule has 8 nitrogen and oxygen atoms in total. The van der Waals surface area contributed by atoms with Crippen LogP contribution in [0, 0.1) is 0 Å². The summed E-state index contributed by atoms with van der Waals surface area (Å²) >= 11 is 0. The Bertz CT molecular complexity index is 234. The Labute approximate surface area is 119 Å². The van der Waals surface area contributed by atoms with Crippen molar-refractivity contribution in [2.45, 2.75) is 6.42 Å². The first-order chi connectivity index (χ1) is 9.53. The molecular formula is C12H26N2O6. The molecule has 0 spiro atoms. The largest absolute Gasteiger partial charge is 0.469 e.